The van der Waals surface area contributed by atoms with Crippen LogP contribution in [-0.2, 0) is 0 Å². The predicted octanol–water partition coefficient (Wildman–Crippen LogP) is 1.35. The van der Waals surface area contributed by atoms with Crippen molar-refractivity contribution in [1.29, 1.82) is 0 Å². The van der Waals surface area contributed by atoms with Crippen molar-refractivity contribution in [2.24, 2.45) is 5.73 Å². The molecule has 1 aromatic heterocycles. The van der Waals surface area contributed by atoms with Crippen LogP contribution in [0.15, 0.2) is 59.4 Å². The van der Waals surface area contributed by atoms with Crippen molar-refractivity contribution >= 4 is 22.5 Å². The van der Waals surface area contributed by atoms with Gasteiger partial charge in [0.05, 0.1) is 16.6 Å². The van der Waals surface area contributed by atoms with Crippen molar-refractivity contribution in [3.05, 3.63) is 70.8 Å². The summed E-state index contributed by atoms with van der Waals surface area (Å²) in [6, 6.07) is 16.1. The molecule has 0 unspecified atom stereocenters. The number of amides is 1. The fourth-order valence-electron chi connectivity index (χ4n) is 2.41. The van der Waals surface area contributed by atoms with E-state index in [9.17, 15) is 9.59 Å². The van der Waals surface area contributed by atoms with Crippen LogP contribution in [0, 0.1) is 0 Å². The molecule has 4 N–H and O–H groups in total. The zero-order valence-corrected chi connectivity index (χ0v) is 13.6. The number of hydrogen-bond acceptors (Lipinski definition) is 5. The van der Waals surface area contributed by atoms with Gasteiger partial charge in [-0.25, -0.2) is 4.98 Å². The summed E-state index contributed by atoms with van der Waals surface area (Å²) >= 11 is 0. The summed E-state index contributed by atoms with van der Waals surface area (Å²) in [6.07, 6.45) is 0.648. The molecule has 7 nitrogen and oxygen atoms in total. The molecule has 0 aliphatic rings. The molecule has 3 aromatic rings. The number of carbonyl (C=O) groups excluding carboxylic acids is 1. The molecule has 0 bridgehead atoms. The fourth-order valence-corrected chi connectivity index (χ4v) is 2.41. The molecule has 0 aliphatic carbocycles. The van der Waals surface area contributed by atoms with E-state index in [0.29, 0.717) is 36.1 Å². The molecular weight excluding hydrogens is 318 g/mol. The maximum Gasteiger partial charge on any atom is 0.289 e. The van der Waals surface area contributed by atoms with Gasteiger partial charge < -0.3 is 11.1 Å². The highest BCUT2D eigenvalue weighted by atomic mass is 16.2. The lowest BCUT2D eigenvalue weighted by Gasteiger charge is -2.15. The molecule has 1 amide bonds. The van der Waals surface area contributed by atoms with Crippen LogP contribution in [0.2, 0.25) is 0 Å². The first-order valence-electron chi connectivity index (χ1n) is 8.03. The molecule has 0 saturated carbocycles. The lowest BCUT2D eigenvalue weighted by molar-refractivity contribution is 0.0939. The number of nitrogens with zero attached hydrogens (tertiary/aromatic N) is 2. The van der Waals surface area contributed by atoms with E-state index in [1.165, 1.54) is 4.68 Å². The molecule has 3 rings (SSSR count). The van der Waals surface area contributed by atoms with Crippen molar-refractivity contribution in [3.63, 3.8) is 0 Å². The van der Waals surface area contributed by atoms with Crippen LogP contribution in [-0.4, -0.2) is 28.7 Å². The molecule has 0 fully saturated rings. The molecule has 25 heavy (non-hydrogen) atoms. The van der Waals surface area contributed by atoms with E-state index in [1.807, 2.05) is 18.2 Å². The van der Waals surface area contributed by atoms with Crippen molar-refractivity contribution in [2.75, 3.05) is 18.5 Å². The quantitative estimate of drug-likeness (QED) is 0.589. The van der Waals surface area contributed by atoms with E-state index in [1.54, 1.807) is 36.4 Å². The van der Waals surface area contributed by atoms with Gasteiger partial charge in [0.1, 0.15) is 0 Å². The molecule has 0 spiro atoms. The Morgan fingerprint density at radius 3 is 2.56 bits per heavy atom. The van der Waals surface area contributed by atoms with Gasteiger partial charge in [-0.1, -0.05) is 30.3 Å². The van der Waals surface area contributed by atoms with E-state index in [0.717, 1.165) is 0 Å². The number of anilines is 1. The second-order valence-electron chi connectivity index (χ2n) is 5.47. The van der Waals surface area contributed by atoms with Crippen LogP contribution in [0.3, 0.4) is 0 Å². The fraction of sp³-hybridized carbons (Fsp3) is 0.167. The Morgan fingerprint density at radius 2 is 1.80 bits per heavy atom. The molecular formula is C18H19N5O2. The first-order chi connectivity index (χ1) is 12.2. The van der Waals surface area contributed by atoms with E-state index in [-0.39, 0.29) is 11.4 Å². The number of hydrogen-bond donors (Lipinski definition) is 3. The Kier molecular flexibility index (Phi) is 5.06. The minimum Gasteiger partial charge on any atom is -0.349 e. The summed E-state index contributed by atoms with van der Waals surface area (Å²) in [7, 11) is 0. The monoisotopic (exact) mass is 337 g/mol. The molecule has 7 heteroatoms. The smallest absolute Gasteiger partial charge is 0.289 e. The van der Waals surface area contributed by atoms with E-state index in [4.69, 9.17) is 5.73 Å². The van der Waals surface area contributed by atoms with Crippen LogP contribution in [0.25, 0.3) is 10.9 Å². The topological polar surface area (TPSA) is 102 Å². The van der Waals surface area contributed by atoms with Crippen molar-refractivity contribution < 1.29 is 4.79 Å². The number of nitrogens with two attached hydrogens (primary N) is 1. The van der Waals surface area contributed by atoms with Crippen molar-refractivity contribution in [1.82, 2.24) is 15.0 Å². The Labute approximate surface area is 144 Å². The van der Waals surface area contributed by atoms with Gasteiger partial charge in [-0.3, -0.25) is 15.0 Å². The number of aromatic nitrogens is 2. The second kappa shape index (κ2) is 7.59. The predicted molar refractivity (Wildman–Crippen MR) is 97.5 cm³/mol. The van der Waals surface area contributed by atoms with Crippen LogP contribution >= 0.6 is 0 Å². The van der Waals surface area contributed by atoms with E-state index < -0.39 is 5.91 Å². The summed E-state index contributed by atoms with van der Waals surface area (Å²) in [4.78, 5) is 29.7. The molecule has 0 saturated heterocycles. The van der Waals surface area contributed by atoms with Gasteiger partial charge in [0, 0.05) is 6.54 Å². The Bertz CT molecular complexity index is 937. The molecule has 2 aromatic carbocycles. The van der Waals surface area contributed by atoms with Gasteiger partial charge in [-0.15, -0.1) is 0 Å². The van der Waals surface area contributed by atoms with Crippen molar-refractivity contribution in [3.8, 4) is 0 Å². The largest absolute Gasteiger partial charge is 0.349 e. The number of para-hydroxylation sites is 2. The third-order valence-corrected chi connectivity index (χ3v) is 3.66. The number of fused-ring (bicyclic) bond motifs is 1. The Balaban J connectivity index is 2.07. The molecule has 128 valence electrons. The van der Waals surface area contributed by atoms with Crippen LogP contribution in [0.1, 0.15) is 17.0 Å². The third kappa shape index (κ3) is 3.67. The average Bonchev–Trinajstić information content (AvgIpc) is 2.65. The standard InChI is InChI=1S/C18H19N5O2/c19-11-6-12-20-17(24)16-21-15-10-5-4-9-14(15)18(25)23(16)22-13-7-2-1-3-8-13/h1-5,7-10,22H,6,11-12,19H2,(H,20,24). The summed E-state index contributed by atoms with van der Waals surface area (Å²) in [5, 5.41) is 3.17. The number of rotatable bonds is 6. The lowest BCUT2D eigenvalue weighted by atomic mass is 10.2. The minimum absolute atomic E-state index is 0.00424. The Hall–Kier alpha value is -3.19. The highest BCUT2D eigenvalue weighted by molar-refractivity contribution is 5.93. The van der Waals surface area contributed by atoms with Crippen LogP contribution in [0.5, 0.6) is 0 Å². The van der Waals surface area contributed by atoms with Gasteiger partial charge in [-0.2, -0.15) is 4.68 Å². The first kappa shape index (κ1) is 16.7. The van der Waals surface area contributed by atoms with Gasteiger partial charge in [-0.05, 0) is 37.2 Å². The maximum absolute atomic E-state index is 12.8. The maximum atomic E-state index is 12.8. The average molecular weight is 337 g/mol. The first-order valence-corrected chi connectivity index (χ1v) is 8.03. The third-order valence-electron chi connectivity index (χ3n) is 3.66. The Morgan fingerprint density at radius 1 is 1.08 bits per heavy atom. The van der Waals surface area contributed by atoms with Gasteiger partial charge in [0.15, 0.2) is 0 Å². The summed E-state index contributed by atoms with van der Waals surface area (Å²) in [5.74, 6) is -0.427. The van der Waals surface area contributed by atoms with Crippen LogP contribution in [0.4, 0.5) is 5.69 Å². The highest BCUT2D eigenvalue weighted by Gasteiger charge is 2.17. The number of carbonyl (C=O) groups is 1. The lowest BCUT2D eigenvalue weighted by Crippen LogP contribution is -2.37. The minimum atomic E-state index is -0.431. The van der Waals surface area contributed by atoms with Crippen LogP contribution < -0.4 is 22.0 Å². The molecule has 0 atom stereocenters. The van der Waals surface area contributed by atoms with E-state index in [2.05, 4.69) is 15.7 Å². The number of benzene rings is 2. The SMILES string of the molecule is NCCCNC(=O)c1nc2ccccc2c(=O)n1Nc1ccccc1. The summed E-state index contributed by atoms with van der Waals surface area (Å²) in [6.45, 7) is 0.893. The molecule has 1 heterocycles. The normalized spacial score (nSPS) is 10.6. The van der Waals surface area contributed by atoms with Gasteiger partial charge in [0.25, 0.3) is 11.5 Å². The second-order valence-corrected chi connectivity index (χ2v) is 5.47. The van der Waals surface area contributed by atoms with Gasteiger partial charge in [0.2, 0.25) is 5.82 Å². The summed E-state index contributed by atoms with van der Waals surface area (Å²) in [5.41, 5.74) is 9.23. The van der Waals surface area contributed by atoms with Gasteiger partial charge >= 0.3 is 0 Å². The van der Waals surface area contributed by atoms with Crippen molar-refractivity contribution in [2.45, 2.75) is 6.42 Å². The highest BCUT2D eigenvalue weighted by Crippen LogP contribution is 2.10. The number of nitrogens with one attached hydrogen (secondary N) is 2. The molecule has 0 radical (unpaired) electrons. The zero-order chi connectivity index (χ0) is 17.6. The molecule has 0 aliphatic heterocycles. The zero-order valence-electron chi connectivity index (χ0n) is 13.6. The summed E-state index contributed by atoms with van der Waals surface area (Å²) < 4.78 is 1.18. The van der Waals surface area contributed by atoms with E-state index >= 15 is 0 Å².